The van der Waals surface area contributed by atoms with Crippen molar-refractivity contribution in [2.75, 3.05) is 0 Å². The molecular weight excluding hydrogens is 188 g/mol. The second-order valence-electron chi connectivity index (χ2n) is 5.06. The van der Waals surface area contributed by atoms with Gasteiger partial charge in [-0.15, -0.1) is 10.2 Å². The SMILES string of the molecule is CC(C)Cn1cnnc1C1(N)CCCC1. The Morgan fingerprint density at radius 1 is 1.47 bits per heavy atom. The average Bonchev–Trinajstić information content (AvgIpc) is 2.73. The Hall–Kier alpha value is -0.900. The van der Waals surface area contributed by atoms with E-state index in [9.17, 15) is 0 Å². The maximum absolute atomic E-state index is 6.38. The van der Waals surface area contributed by atoms with Gasteiger partial charge in [0.15, 0.2) is 5.82 Å². The van der Waals surface area contributed by atoms with Gasteiger partial charge in [0.1, 0.15) is 6.33 Å². The highest BCUT2D eigenvalue weighted by molar-refractivity contribution is 5.07. The summed E-state index contributed by atoms with van der Waals surface area (Å²) >= 11 is 0. The Bertz CT molecular complexity index is 323. The van der Waals surface area contributed by atoms with E-state index >= 15 is 0 Å². The summed E-state index contributed by atoms with van der Waals surface area (Å²) in [6.07, 6.45) is 6.33. The number of hydrogen-bond acceptors (Lipinski definition) is 3. The molecule has 4 nitrogen and oxygen atoms in total. The molecule has 0 spiro atoms. The van der Waals surface area contributed by atoms with E-state index in [0.717, 1.165) is 25.2 Å². The maximum atomic E-state index is 6.38. The van der Waals surface area contributed by atoms with Crippen LogP contribution in [0.25, 0.3) is 0 Å². The third kappa shape index (κ3) is 2.04. The first-order chi connectivity index (χ1) is 7.12. The molecule has 1 fully saturated rings. The number of hydrogen-bond donors (Lipinski definition) is 1. The van der Waals surface area contributed by atoms with E-state index in [1.165, 1.54) is 12.8 Å². The molecule has 2 N–H and O–H groups in total. The summed E-state index contributed by atoms with van der Waals surface area (Å²) in [5.41, 5.74) is 6.16. The molecule has 0 bridgehead atoms. The minimum Gasteiger partial charge on any atom is -0.319 e. The lowest BCUT2D eigenvalue weighted by molar-refractivity contribution is 0.389. The predicted molar refractivity (Wildman–Crippen MR) is 59.2 cm³/mol. The van der Waals surface area contributed by atoms with Crippen molar-refractivity contribution in [1.82, 2.24) is 14.8 Å². The number of aromatic nitrogens is 3. The minimum absolute atomic E-state index is 0.217. The van der Waals surface area contributed by atoms with Crippen molar-refractivity contribution in [3.05, 3.63) is 12.2 Å². The van der Waals surface area contributed by atoms with Gasteiger partial charge >= 0.3 is 0 Å². The van der Waals surface area contributed by atoms with Crippen LogP contribution >= 0.6 is 0 Å². The van der Waals surface area contributed by atoms with E-state index in [4.69, 9.17) is 5.73 Å². The highest BCUT2D eigenvalue weighted by Crippen LogP contribution is 2.35. The van der Waals surface area contributed by atoms with E-state index in [2.05, 4.69) is 28.6 Å². The summed E-state index contributed by atoms with van der Waals surface area (Å²) in [7, 11) is 0. The number of rotatable bonds is 3. The molecule has 1 aliphatic carbocycles. The van der Waals surface area contributed by atoms with Crippen LogP contribution in [0.3, 0.4) is 0 Å². The molecular formula is C11H20N4. The smallest absolute Gasteiger partial charge is 0.152 e. The van der Waals surface area contributed by atoms with Crippen LogP contribution < -0.4 is 5.73 Å². The molecule has 1 saturated carbocycles. The third-order valence-corrected chi connectivity index (χ3v) is 3.12. The summed E-state index contributed by atoms with van der Waals surface area (Å²) in [4.78, 5) is 0. The van der Waals surface area contributed by atoms with Crippen molar-refractivity contribution in [3.8, 4) is 0 Å². The standard InChI is InChI=1S/C11H20N4/c1-9(2)7-15-8-13-14-10(15)11(12)5-3-4-6-11/h8-9H,3-7,12H2,1-2H3. The first-order valence-corrected chi connectivity index (χ1v) is 5.79. The van der Waals surface area contributed by atoms with Gasteiger partial charge in [0.2, 0.25) is 0 Å². The summed E-state index contributed by atoms with van der Waals surface area (Å²) < 4.78 is 2.12. The highest BCUT2D eigenvalue weighted by Gasteiger charge is 2.35. The van der Waals surface area contributed by atoms with Gasteiger partial charge in [-0.05, 0) is 18.8 Å². The first kappa shape index (κ1) is 10.6. The lowest BCUT2D eigenvalue weighted by Crippen LogP contribution is -2.36. The average molecular weight is 208 g/mol. The summed E-state index contributed by atoms with van der Waals surface area (Å²) in [6, 6.07) is 0. The Morgan fingerprint density at radius 3 is 2.73 bits per heavy atom. The van der Waals surface area contributed by atoms with Crippen molar-refractivity contribution >= 4 is 0 Å². The Balaban J connectivity index is 2.23. The lowest BCUT2D eigenvalue weighted by atomic mass is 9.98. The molecule has 0 unspecified atom stereocenters. The molecule has 0 aliphatic heterocycles. The summed E-state index contributed by atoms with van der Waals surface area (Å²) in [5, 5.41) is 8.21. The van der Waals surface area contributed by atoms with E-state index in [1.54, 1.807) is 0 Å². The monoisotopic (exact) mass is 208 g/mol. The largest absolute Gasteiger partial charge is 0.319 e. The van der Waals surface area contributed by atoms with Crippen LogP contribution in [0.15, 0.2) is 6.33 Å². The molecule has 1 aliphatic rings. The zero-order valence-electron chi connectivity index (χ0n) is 9.61. The number of nitrogens with zero attached hydrogens (tertiary/aromatic N) is 3. The van der Waals surface area contributed by atoms with E-state index in [-0.39, 0.29) is 5.54 Å². The fraction of sp³-hybridized carbons (Fsp3) is 0.818. The normalized spacial score (nSPS) is 20.0. The molecule has 15 heavy (non-hydrogen) atoms. The molecule has 84 valence electrons. The molecule has 0 amide bonds. The Morgan fingerprint density at radius 2 is 2.13 bits per heavy atom. The van der Waals surface area contributed by atoms with Crippen molar-refractivity contribution in [2.24, 2.45) is 11.7 Å². The minimum atomic E-state index is -0.217. The molecule has 1 aromatic rings. The van der Waals surface area contributed by atoms with E-state index < -0.39 is 0 Å². The van der Waals surface area contributed by atoms with Gasteiger partial charge in [0.25, 0.3) is 0 Å². The molecule has 0 atom stereocenters. The Labute approximate surface area is 90.9 Å². The van der Waals surface area contributed by atoms with Crippen molar-refractivity contribution in [1.29, 1.82) is 0 Å². The zero-order chi connectivity index (χ0) is 10.9. The highest BCUT2D eigenvalue weighted by atomic mass is 15.3. The molecule has 0 aromatic carbocycles. The summed E-state index contributed by atoms with van der Waals surface area (Å²) in [6.45, 7) is 5.35. The fourth-order valence-corrected chi connectivity index (χ4v) is 2.40. The van der Waals surface area contributed by atoms with Crippen LogP contribution in [0, 0.1) is 5.92 Å². The summed E-state index contributed by atoms with van der Waals surface area (Å²) in [5.74, 6) is 1.58. The van der Waals surface area contributed by atoms with Crippen molar-refractivity contribution in [2.45, 2.75) is 51.6 Å². The van der Waals surface area contributed by atoms with Gasteiger partial charge in [-0.3, -0.25) is 0 Å². The second kappa shape index (κ2) is 3.93. The van der Waals surface area contributed by atoms with Crippen molar-refractivity contribution < 1.29 is 0 Å². The quantitative estimate of drug-likeness (QED) is 0.822. The van der Waals surface area contributed by atoms with E-state index in [1.807, 2.05) is 6.33 Å². The number of nitrogens with two attached hydrogens (primary N) is 1. The fourth-order valence-electron chi connectivity index (χ4n) is 2.40. The molecule has 2 rings (SSSR count). The van der Waals surface area contributed by atoms with Crippen LogP contribution in [0.4, 0.5) is 0 Å². The van der Waals surface area contributed by atoms with Crippen LogP contribution in [0.1, 0.15) is 45.4 Å². The van der Waals surface area contributed by atoms with Gasteiger partial charge in [-0.1, -0.05) is 26.7 Å². The zero-order valence-corrected chi connectivity index (χ0v) is 9.61. The van der Waals surface area contributed by atoms with Crippen LogP contribution in [-0.4, -0.2) is 14.8 Å². The van der Waals surface area contributed by atoms with Crippen molar-refractivity contribution in [3.63, 3.8) is 0 Å². The molecule has 1 aromatic heterocycles. The lowest BCUT2D eigenvalue weighted by Gasteiger charge is -2.23. The molecule has 1 heterocycles. The van der Waals surface area contributed by atoms with Crippen LogP contribution in [0.2, 0.25) is 0 Å². The topological polar surface area (TPSA) is 56.7 Å². The second-order valence-corrected chi connectivity index (χ2v) is 5.06. The Kier molecular flexibility index (Phi) is 2.78. The van der Waals surface area contributed by atoms with Gasteiger partial charge in [0.05, 0.1) is 5.54 Å². The molecule has 0 radical (unpaired) electrons. The van der Waals surface area contributed by atoms with Crippen LogP contribution in [-0.2, 0) is 12.1 Å². The van der Waals surface area contributed by atoms with Gasteiger partial charge in [-0.2, -0.15) is 0 Å². The van der Waals surface area contributed by atoms with E-state index in [0.29, 0.717) is 5.92 Å². The molecule has 4 heteroatoms. The molecule has 0 saturated heterocycles. The van der Waals surface area contributed by atoms with Gasteiger partial charge < -0.3 is 10.3 Å². The first-order valence-electron chi connectivity index (χ1n) is 5.79. The van der Waals surface area contributed by atoms with Crippen LogP contribution in [0.5, 0.6) is 0 Å². The predicted octanol–water partition coefficient (Wildman–Crippen LogP) is 1.66. The maximum Gasteiger partial charge on any atom is 0.152 e. The third-order valence-electron chi connectivity index (χ3n) is 3.12. The van der Waals surface area contributed by atoms with Gasteiger partial charge in [0, 0.05) is 6.54 Å². The van der Waals surface area contributed by atoms with Gasteiger partial charge in [-0.25, -0.2) is 0 Å².